The number of hydrogen-bond acceptors (Lipinski definition) is 9. The predicted octanol–water partition coefficient (Wildman–Crippen LogP) is 8.07. The molecule has 4 aromatic heterocycles. The Morgan fingerprint density at radius 1 is 0.617 bits per heavy atom. The standard InChI is InChI=1S/C19H18N2O3.C19H16N2O2/c1-23-18-8-11-20-13-17(18)16-3-2-10-21-19(16)24-15-6-4-14(5-7-15)9-12-22;1-3-14-6-8-15(9-7-14)23-19-16(5-4-11-21-19)17-13-20-12-10-18(17)22-2/h2-8,10-11,13,22H,9,12H2,1H3;3-13H,1H2,2H3. The van der Waals surface area contributed by atoms with E-state index in [0.29, 0.717) is 35.4 Å². The number of aliphatic hydroxyl groups is 1. The number of aromatic nitrogens is 4. The van der Waals surface area contributed by atoms with E-state index in [1.54, 1.807) is 63.5 Å². The largest absolute Gasteiger partial charge is 0.496 e. The molecule has 1 N–H and O–H groups in total. The van der Waals surface area contributed by atoms with Crippen molar-refractivity contribution in [3.8, 4) is 57.0 Å². The lowest BCUT2D eigenvalue weighted by atomic mass is 10.1. The van der Waals surface area contributed by atoms with Crippen LogP contribution in [0.25, 0.3) is 28.3 Å². The molecule has 236 valence electrons. The van der Waals surface area contributed by atoms with Gasteiger partial charge in [-0.25, -0.2) is 9.97 Å². The summed E-state index contributed by atoms with van der Waals surface area (Å²) in [5.74, 6) is 3.81. The molecule has 0 amide bonds. The van der Waals surface area contributed by atoms with Crippen LogP contribution in [0.4, 0.5) is 0 Å². The summed E-state index contributed by atoms with van der Waals surface area (Å²) in [4.78, 5) is 17.0. The summed E-state index contributed by atoms with van der Waals surface area (Å²) in [5.41, 5.74) is 5.38. The summed E-state index contributed by atoms with van der Waals surface area (Å²) in [6, 6.07) is 26.4. The first-order chi connectivity index (χ1) is 23.1. The SMILES string of the molecule is C=Cc1ccc(Oc2ncccc2-c2cnccc2OC)cc1.COc1ccncc1-c1cccnc1Oc1ccc(CCO)cc1. The molecule has 0 saturated heterocycles. The van der Waals surface area contributed by atoms with Gasteiger partial charge in [0.15, 0.2) is 0 Å². The molecule has 0 spiro atoms. The number of aliphatic hydroxyl groups excluding tert-OH is 1. The number of ether oxygens (including phenoxy) is 4. The van der Waals surface area contributed by atoms with Gasteiger partial charge in [0.2, 0.25) is 11.8 Å². The smallest absolute Gasteiger partial charge is 0.227 e. The van der Waals surface area contributed by atoms with Crippen LogP contribution in [0.2, 0.25) is 0 Å². The molecule has 0 aliphatic heterocycles. The molecule has 6 rings (SSSR count). The molecular formula is C38H34N4O5. The van der Waals surface area contributed by atoms with Gasteiger partial charge in [-0.3, -0.25) is 9.97 Å². The summed E-state index contributed by atoms with van der Waals surface area (Å²) in [6.45, 7) is 3.87. The Bertz CT molecular complexity index is 1900. The van der Waals surface area contributed by atoms with Gasteiger partial charge >= 0.3 is 0 Å². The van der Waals surface area contributed by atoms with Crippen molar-refractivity contribution in [1.82, 2.24) is 19.9 Å². The molecule has 9 heteroatoms. The highest BCUT2D eigenvalue weighted by molar-refractivity contribution is 5.74. The van der Waals surface area contributed by atoms with Gasteiger partial charge < -0.3 is 24.1 Å². The molecule has 9 nitrogen and oxygen atoms in total. The first kappa shape index (κ1) is 32.3. The van der Waals surface area contributed by atoms with Gasteiger partial charge in [-0.1, -0.05) is 36.9 Å². The van der Waals surface area contributed by atoms with E-state index < -0.39 is 0 Å². The molecule has 6 aromatic rings. The molecular weight excluding hydrogens is 592 g/mol. The van der Waals surface area contributed by atoms with E-state index in [4.69, 9.17) is 24.1 Å². The minimum Gasteiger partial charge on any atom is -0.496 e. The van der Waals surface area contributed by atoms with Crippen LogP contribution < -0.4 is 18.9 Å². The number of rotatable bonds is 11. The predicted molar refractivity (Wildman–Crippen MR) is 182 cm³/mol. The average molecular weight is 627 g/mol. The lowest BCUT2D eigenvalue weighted by Gasteiger charge is -2.12. The minimum atomic E-state index is 0.130. The molecule has 0 radical (unpaired) electrons. The Morgan fingerprint density at radius 2 is 1.11 bits per heavy atom. The quantitative estimate of drug-likeness (QED) is 0.153. The van der Waals surface area contributed by atoms with Crippen LogP contribution in [0, 0.1) is 0 Å². The fraction of sp³-hybridized carbons (Fsp3) is 0.105. The van der Waals surface area contributed by atoms with Crippen molar-refractivity contribution in [3.63, 3.8) is 0 Å². The van der Waals surface area contributed by atoms with Gasteiger partial charge in [0, 0.05) is 66.0 Å². The van der Waals surface area contributed by atoms with E-state index in [-0.39, 0.29) is 6.61 Å². The molecule has 0 unspecified atom stereocenters. The molecule has 0 aliphatic carbocycles. The Kier molecular flexibility index (Phi) is 11.2. The fourth-order valence-corrected chi connectivity index (χ4v) is 4.63. The molecule has 0 aliphatic rings. The maximum atomic E-state index is 8.98. The fourth-order valence-electron chi connectivity index (χ4n) is 4.63. The van der Waals surface area contributed by atoms with Crippen molar-refractivity contribution in [2.24, 2.45) is 0 Å². The maximum absolute atomic E-state index is 8.98. The van der Waals surface area contributed by atoms with Crippen molar-refractivity contribution in [2.75, 3.05) is 20.8 Å². The minimum absolute atomic E-state index is 0.130. The number of pyridine rings is 4. The Morgan fingerprint density at radius 3 is 1.55 bits per heavy atom. The van der Waals surface area contributed by atoms with Gasteiger partial charge in [0.05, 0.1) is 14.2 Å². The third-order valence-corrected chi connectivity index (χ3v) is 6.99. The second-order valence-electron chi connectivity index (χ2n) is 9.96. The monoisotopic (exact) mass is 626 g/mol. The zero-order valence-electron chi connectivity index (χ0n) is 26.1. The summed E-state index contributed by atoms with van der Waals surface area (Å²) < 4.78 is 22.7. The van der Waals surface area contributed by atoms with Gasteiger partial charge in [-0.15, -0.1) is 0 Å². The first-order valence-corrected chi connectivity index (χ1v) is 14.8. The molecule has 4 heterocycles. The van der Waals surface area contributed by atoms with Crippen LogP contribution in [-0.4, -0.2) is 45.9 Å². The van der Waals surface area contributed by atoms with Gasteiger partial charge in [0.1, 0.15) is 23.0 Å². The van der Waals surface area contributed by atoms with Crippen LogP contribution in [0.1, 0.15) is 11.1 Å². The molecule has 2 aromatic carbocycles. The van der Waals surface area contributed by atoms with E-state index in [9.17, 15) is 0 Å². The molecule has 0 bridgehead atoms. The van der Waals surface area contributed by atoms with Crippen LogP contribution in [0.15, 0.2) is 129 Å². The normalized spacial score (nSPS) is 10.3. The first-order valence-electron chi connectivity index (χ1n) is 14.8. The zero-order chi connectivity index (χ0) is 32.8. The molecule has 47 heavy (non-hydrogen) atoms. The highest BCUT2D eigenvalue weighted by Crippen LogP contribution is 2.37. The van der Waals surface area contributed by atoms with E-state index >= 15 is 0 Å². The topological polar surface area (TPSA) is 109 Å². The van der Waals surface area contributed by atoms with Crippen molar-refractivity contribution in [3.05, 3.63) is 140 Å². The molecule has 0 saturated carbocycles. The Hall–Kier alpha value is -6.06. The lowest BCUT2D eigenvalue weighted by molar-refractivity contribution is 0.299. The maximum Gasteiger partial charge on any atom is 0.227 e. The number of methoxy groups -OCH3 is 2. The summed E-state index contributed by atoms with van der Waals surface area (Å²) in [5, 5.41) is 8.98. The second kappa shape index (κ2) is 16.3. The number of nitrogens with zero attached hydrogens (tertiary/aromatic N) is 4. The van der Waals surface area contributed by atoms with Crippen LogP contribution in [-0.2, 0) is 6.42 Å². The Balaban J connectivity index is 0.000000185. The van der Waals surface area contributed by atoms with E-state index in [1.165, 1.54) is 0 Å². The van der Waals surface area contributed by atoms with Crippen molar-refractivity contribution < 1.29 is 24.1 Å². The molecule has 0 atom stereocenters. The average Bonchev–Trinajstić information content (AvgIpc) is 3.13. The van der Waals surface area contributed by atoms with Crippen molar-refractivity contribution in [1.29, 1.82) is 0 Å². The highest BCUT2D eigenvalue weighted by atomic mass is 16.5. The van der Waals surface area contributed by atoms with Gasteiger partial charge in [0.25, 0.3) is 0 Å². The Labute approximate surface area is 273 Å². The highest BCUT2D eigenvalue weighted by Gasteiger charge is 2.14. The summed E-state index contributed by atoms with van der Waals surface area (Å²) in [6.07, 6.45) is 12.6. The molecule has 0 fully saturated rings. The summed E-state index contributed by atoms with van der Waals surface area (Å²) >= 11 is 0. The van der Waals surface area contributed by atoms with Gasteiger partial charge in [-0.05, 0) is 78.2 Å². The third kappa shape index (κ3) is 8.36. The third-order valence-electron chi connectivity index (χ3n) is 6.99. The number of hydrogen-bond donors (Lipinski definition) is 1. The van der Waals surface area contributed by atoms with Crippen LogP contribution in [0.5, 0.6) is 34.8 Å². The van der Waals surface area contributed by atoms with Crippen molar-refractivity contribution in [2.45, 2.75) is 6.42 Å². The lowest BCUT2D eigenvalue weighted by Crippen LogP contribution is -1.95. The van der Waals surface area contributed by atoms with Crippen LogP contribution >= 0.6 is 0 Å². The van der Waals surface area contributed by atoms with E-state index in [2.05, 4.69) is 26.5 Å². The number of benzene rings is 2. The zero-order valence-corrected chi connectivity index (χ0v) is 26.1. The second-order valence-corrected chi connectivity index (χ2v) is 9.96. The van der Waals surface area contributed by atoms with E-state index in [0.717, 1.165) is 39.1 Å². The van der Waals surface area contributed by atoms with Crippen LogP contribution in [0.3, 0.4) is 0 Å². The van der Waals surface area contributed by atoms with Gasteiger partial charge in [-0.2, -0.15) is 0 Å². The van der Waals surface area contributed by atoms with E-state index in [1.807, 2.05) is 78.9 Å². The van der Waals surface area contributed by atoms with Crippen molar-refractivity contribution >= 4 is 6.08 Å². The summed E-state index contributed by atoms with van der Waals surface area (Å²) in [7, 11) is 3.25.